The Kier molecular flexibility index (Phi) is 1.42. The molecule has 1 aliphatic rings. The van der Waals surface area contributed by atoms with Crippen molar-refractivity contribution < 1.29 is 4.74 Å². The van der Waals surface area contributed by atoms with Gasteiger partial charge in [0.05, 0.1) is 7.11 Å². The van der Waals surface area contributed by atoms with E-state index in [1.54, 1.807) is 7.11 Å². The lowest BCUT2D eigenvalue weighted by Gasteiger charge is -2.04. The van der Waals surface area contributed by atoms with Gasteiger partial charge in [0.2, 0.25) is 0 Å². The first-order valence-corrected chi connectivity index (χ1v) is 2.83. The molecule has 2 heteroatoms. The van der Waals surface area contributed by atoms with Crippen molar-refractivity contribution in [3.8, 4) is 0 Å². The first-order valence-electron chi connectivity index (χ1n) is 2.83. The number of rotatable bonds is 1. The topological polar surface area (TPSA) is 21.3 Å². The summed E-state index contributed by atoms with van der Waals surface area (Å²) in [5, 5.41) is 3.14. The van der Waals surface area contributed by atoms with Crippen molar-refractivity contribution in [3.05, 3.63) is 12.0 Å². The van der Waals surface area contributed by atoms with Crippen LogP contribution in [0.3, 0.4) is 0 Å². The molecule has 0 fully saturated rings. The summed E-state index contributed by atoms with van der Waals surface area (Å²) < 4.78 is 4.93. The van der Waals surface area contributed by atoms with Gasteiger partial charge in [-0.1, -0.05) is 0 Å². The van der Waals surface area contributed by atoms with Gasteiger partial charge in [-0.05, 0) is 19.4 Å². The Morgan fingerprint density at radius 1 is 1.88 bits per heavy atom. The Bertz CT molecular complexity index is 109. The molecule has 1 aliphatic heterocycles. The monoisotopic (exact) mass is 113 g/mol. The Hall–Kier alpha value is -0.660. The molecule has 0 amide bonds. The van der Waals surface area contributed by atoms with Crippen LogP contribution in [-0.4, -0.2) is 13.2 Å². The largest absolute Gasteiger partial charge is 0.483 e. The molecule has 1 unspecified atom stereocenters. The van der Waals surface area contributed by atoms with Gasteiger partial charge in [-0.2, -0.15) is 0 Å². The summed E-state index contributed by atoms with van der Waals surface area (Å²) in [7, 11) is 1.68. The molecular formula is C6H11NO. The number of ether oxygens (including phenoxy) is 1. The molecule has 0 spiro atoms. The molecule has 8 heavy (non-hydrogen) atoms. The fourth-order valence-electron chi connectivity index (χ4n) is 0.787. The van der Waals surface area contributed by atoms with Crippen LogP contribution in [0.15, 0.2) is 12.0 Å². The molecule has 1 rings (SSSR count). The van der Waals surface area contributed by atoms with Gasteiger partial charge in [-0.3, -0.25) is 0 Å². The molecule has 1 atom stereocenters. The predicted molar refractivity (Wildman–Crippen MR) is 32.3 cm³/mol. The van der Waals surface area contributed by atoms with Crippen LogP contribution in [0.1, 0.15) is 13.3 Å². The quantitative estimate of drug-likeness (QED) is 0.544. The van der Waals surface area contributed by atoms with Gasteiger partial charge in [-0.25, -0.2) is 0 Å². The van der Waals surface area contributed by atoms with Crippen molar-refractivity contribution in [3.63, 3.8) is 0 Å². The van der Waals surface area contributed by atoms with E-state index in [0.717, 1.165) is 12.3 Å². The Labute approximate surface area is 49.5 Å². The fraction of sp³-hybridized carbons (Fsp3) is 0.667. The lowest BCUT2D eigenvalue weighted by Crippen LogP contribution is -2.18. The summed E-state index contributed by atoms with van der Waals surface area (Å²) in [4.78, 5) is 0. The van der Waals surface area contributed by atoms with E-state index in [4.69, 9.17) is 4.74 Å². The number of hydrogen-bond donors (Lipinski definition) is 1. The highest BCUT2D eigenvalue weighted by atomic mass is 16.5. The van der Waals surface area contributed by atoms with Crippen LogP contribution in [-0.2, 0) is 4.74 Å². The van der Waals surface area contributed by atoms with Crippen molar-refractivity contribution in [2.24, 2.45) is 0 Å². The van der Waals surface area contributed by atoms with E-state index in [9.17, 15) is 0 Å². The first kappa shape index (κ1) is 5.48. The number of methoxy groups -OCH3 is 1. The minimum atomic E-state index is 0.560. The zero-order valence-corrected chi connectivity index (χ0v) is 5.27. The van der Waals surface area contributed by atoms with E-state index in [-0.39, 0.29) is 0 Å². The molecule has 0 aromatic rings. The van der Waals surface area contributed by atoms with Gasteiger partial charge in [0.1, 0.15) is 0 Å². The van der Waals surface area contributed by atoms with E-state index in [1.807, 2.05) is 0 Å². The third-order valence-corrected chi connectivity index (χ3v) is 1.27. The van der Waals surface area contributed by atoms with E-state index < -0.39 is 0 Å². The second kappa shape index (κ2) is 2.07. The predicted octanol–water partition coefficient (Wildman–Crippen LogP) is 0.856. The molecule has 0 aromatic heterocycles. The minimum absolute atomic E-state index is 0.560. The maximum Gasteiger partial charge on any atom is 0.182 e. The van der Waals surface area contributed by atoms with Gasteiger partial charge < -0.3 is 10.1 Å². The van der Waals surface area contributed by atoms with E-state index in [2.05, 4.69) is 18.3 Å². The first-order chi connectivity index (χ1) is 3.83. The number of hydrogen-bond acceptors (Lipinski definition) is 2. The van der Waals surface area contributed by atoms with Gasteiger partial charge in [-0.15, -0.1) is 0 Å². The highest BCUT2D eigenvalue weighted by Crippen LogP contribution is 2.07. The second-order valence-corrected chi connectivity index (χ2v) is 2.05. The van der Waals surface area contributed by atoms with E-state index in [1.165, 1.54) is 0 Å². The third kappa shape index (κ3) is 0.941. The second-order valence-electron chi connectivity index (χ2n) is 2.05. The third-order valence-electron chi connectivity index (χ3n) is 1.27. The zero-order valence-electron chi connectivity index (χ0n) is 5.27. The molecule has 2 nitrogen and oxygen atoms in total. The van der Waals surface area contributed by atoms with Crippen LogP contribution in [0.5, 0.6) is 0 Å². The van der Waals surface area contributed by atoms with Crippen molar-refractivity contribution in [1.29, 1.82) is 0 Å². The normalized spacial score (nSPS) is 26.8. The van der Waals surface area contributed by atoms with Crippen LogP contribution >= 0.6 is 0 Å². The van der Waals surface area contributed by atoms with Crippen LogP contribution in [0.25, 0.3) is 0 Å². The van der Waals surface area contributed by atoms with E-state index >= 15 is 0 Å². The summed E-state index contributed by atoms with van der Waals surface area (Å²) in [6.45, 7) is 2.13. The van der Waals surface area contributed by atoms with Crippen LogP contribution in [0.2, 0.25) is 0 Å². The maximum atomic E-state index is 4.93. The summed E-state index contributed by atoms with van der Waals surface area (Å²) in [6.07, 6.45) is 3.15. The lowest BCUT2D eigenvalue weighted by atomic mass is 10.3. The Balaban J connectivity index is 2.37. The molecular weight excluding hydrogens is 102 g/mol. The van der Waals surface area contributed by atoms with Gasteiger partial charge in [0, 0.05) is 6.04 Å². The SMILES string of the molecule is COC1=CCC(C)N1. The highest BCUT2D eigenvalue weighted by molar-refractivity contribution is 5.00. The summed E-state index contributed by atoms with van der Waals surface area (Å²) in [6, 6.07) is 0.560. The summed E-state index contributed by atoms with van der Waals surface area (Å²) in [5.41, 5.74) is 0. The standard InChI is InChI=1S/C6H11NO/c1-5-3-4-6(7-5)8-2/h4-5,7H,3H2,1-2H3. The molecule has 46 valence electrons. The van der Waals surface area contributed by atoms with E-state index in [0.29, 0.717) is 6.04 Å². The fourth-order valence-corrected chi connectivity index (χ4v) is 0.787. The van der Waals surface area contributed by atoms with Crippen LogP contribution in [0.4, 0.5) is 0 Å². The van der Waals surface area contributed by atoms with Crippen LogP contribution < -0.4 is 5.32 Å². The van der Waals surface area contributed by atoms with Crippen molar-refractivity contribution in [2.75, 3.05) is 7.11 Å². The van der Waals surface area contributed by atoms with Crippen molar-refractivity contribution in [2.45, 2.75) is 19.4 Å². The number of nitrogens with one attached hydrogen (secondary N) is 1. The van der Waals surface area contributed by atoms with Gasteiger partial charge in [0.25, 0.3) is 0 Å². The molecule has 1 N–H and O–H groups in total. The summed E-state index contributed by atoms with van der Waals surface area (Å²) in [5.74, 6) is 0.914. The average molecular weight is 113 g/mol. The Morgan fingerprint density at radius 2 is 2.62 bits per heavy atom. The molecule has 0 saturated carbocycles. The smallest absolute Gasteiger partial charge is 0.182 e. The maximum absolute atomic E-state index is 4.93. The average Bonchev–Trinajstić information content (AvgIpc) is 2.14. The molecule has 0 bridgehead atoms. The van der Waals surface area contributed by atoms with Crippen LogP contribution in [0, 0.1) is 0 Å². The minimum Gasteiger partial charge on any atom is -0.483 e. The molecule has 0 aliphatic carbocycles. The lowest BCUT2D eigenvalue weighted by molar-refractivity contribution is 0.263. The Morgan fingerprint density at radius 3 is 2.88 bits per heavy atom. The van der Waals surface area contributed by atoms with Gasteiger partial charge in [0.15, 0.2) is 5.88 Å². The molecule has 0 aromatic carbocycles. The van der Waals surface area contributed by atoms with Gasteiger partial charge >= 0.3 is 0 Å². The summed E-state index contributed by atoms with van der Waals surface area (Å²) >= 11 is 0. The van der Waals surface area contributed by atoms with Crippen molar-refractivity contribution in [1.82, 2.24) is 5.32 Å². The molecule has 0 radical (unpaired) electrons. The molecule has 1 heterocycles. The van der Waals surface area contributed by atoms with Crippen molar-refractivity contribution >= 4 is 0 Å². The zero-order chi connectivity index (χ0) is 5.98. The molecule has 0 saturated heterocycles. The highest BCUT2D eigenvalue weighted by Gasteiger charge is 2.08.